The van der Waals surface area contributed by atoms with E-state index in [0.29, 0.717) is 11.6 Å². The summed E-state index contributed by atoms with van der Waals surface area (Å²) in [5.41, 5.74) is 3.45. The molecule has 1 unspecified atom stereocenters. The van der Waals surface area contributed by atoms with Gasteiger partial charge in [0.2, 0.25) is 0 Å². The van der Waals surface area contributed by atoms with Crippen molar-refractivity contribution in [3.63, 3.8) is 0 Å². The third-order valence-electron chi connectivity index (χ3n) is 3.93. The number of fused-ring (bicyclic) bond motifs is 1. The van der Waals surface area contributed by atoms with Crippen molar-refractivity contribution in [3.05, 3.63) is 52.5 Å². The van der Waals surface area contributed by atoms with Crippen LogP contribution < -0.4 is 15.0 Å². The molecule has 0 saturated carbocycles. The van der Waals surface area contributed by atoms with Crippen LogP contribution in [0, 0.1) is 13.8 Å². The van der Waals surface area contributed by atoms with E-state index in [1.165, 1.54) is 0 Å². The van der Waals surface area contributed by atoms with E-state index in [-0.39, 0.29) is 12.1 Å². The Morgan fingerprint density at radius 1 is 1.30 bits per heavy atom. The molecule has 2 amide bonds. The molecule has 3 rings (SSSR count). The molecule has 1 N–H and O–H groups in total. The molecule has 2 aromatic carbocycles. The summed E-state index contributed by atoms with van der Waals surface area (Å²) in [7, 11) is 0. The summed E-state index contributed by atoms with van der Waals surface area (Å²) in [5, 5.41) is 3.58. The Bertz CT molecular complexity index is 761. The minimum Gasteiger partial charge on any atom is -0.487 e. The van der Waals surface area contributed by atoms with Crippen LogP contribution in [-0.2, 0) is 0 Å². The topological polar surface area (TPSA) is 41.6 Å². The molecular formula is C18H19ClN2O2. The molecular weight excluding hydrogens is 312 g/mol. The van der Waals surface area contributed by atoms with Gasteiger partial charge in [0.15, 0.2) is 0 Å². The molecule has 1 aliphatic heterocycles. The Balaban J connectivity index is 1.91. The summed E-state index contributed by atoms with van der Waals surface area (Å²) in [4.78, 5) is 14.5. The van der Waals surface area contributed by atoms with Crippen molar-refractivity contribution in [2.45, 2.75) is 26.9 Å². The standard InChI is InChI=1S/C18H19ClN2O2/c1-11-7-8-17-16(9-11)21(10-12(2)23-17)18(22)20-15-6-4-5-14(19)13(15)3/h4-9,12H,10H2,1-3H3,(H,20,22). The van der Waals surface area contributed by atoms with E-state index in [1.807, 2.05) is 57.2 Å². The average molecular weight is 331 g/mol. The zero-order valence-corrected chi connectivity index (χ0v) is 14.1. The number of halogens is 1. The number of amides is 2. The molecule has 2 aromatic rings. The number of hydrogen-bond donors (Lipinski definition) is 1. The van der Waals surface area contributed by atoms with Gasteiger partial charge >= 0.3 is 6.03 Å². The van der Waals surface area contributed by atoms with Crippen molar-refractivity contribution < 1.29 is 9.53 Å². The van der Waals surface area contributed by atoms with Gasteiger partial charge in [-0.25, -0.2) is 4.79 Å². The molecule has 4 nitrogen and oxygen atoms in total. The highest BCUT2D eigenvalue weighted by atomic mass is 35.5. The van der Waals surface area contributed by atoms with E-state index in [1.54, 1.807) is 4.90 Å². The summed E-state index contributed by atoms with van der Waals surface area (Å²) >= 11 is 6.12. The fourth-order valence-corrected chi connectivity index (χ4v) is 2.84. The van der Waals surface area contributed by atoms with Gasteiger partial charge < -0.3 is 10.1 Å². The second kappa shape index (κ2) is 6.13. The van der Waals surface area contributed by atoms with E-state index in [2.05, 4.69) is 5.32 Å². The molecule has 0 aliphatic carbocycles. The Hall–Kier alpha value is -2.20. The minimum atomic E-state index is -0.183. The largest absolute Gasteiger partial charge is 0.487 e. The normalized spacial score (nSPS) is 16.5. The average Bonchev–Trinajstić information content (AvgIpc) is 2.51. The molecule has 0 spiro atoms. The summed E-state index contributed by atoms with van der Waals surface area (Å²) in [5.74, 6) is 0.729. The highest BCUT2D eigenvalue weighted by Crippen LogP contribution is 2.35. The lowest BCUT2D eigenvalue weighted by Gasteiger charge is -2.33. The third-order valence-corrected chi connectivity index (χ3v) is 4.34. The quantitative estimate of drug-likeness (QED) is 0.817. The Kier molecular flexibility index (Phi) is 4.18. The zero-order valence-electron chi connectivity index (χ0n) is 13.4. The minimum absolute atomic E-state index is 0.0589. The van der Waals surface area contributed by atoms with E-state index in [0.717, 1.165) is 28.3 Å². The smallest absolute Gasteiger partial charge is 0.326 e. The summed E-state index contributed by atoms with van der Waals surface area (Å²) in [6.07, 6.45) is -0.0589. The van der Waals surface area contributed by atoms with E-state index in [4.69, 9.17) is 16.3 Å². The van der Waals surface area contributed by atoms with Crippen LogP contribution in [0.2, 0.25) is 5.02 Å². The number of rotatable bonds is 1. The van der Waals surface area contributed by atoms with Gasteiger partial charge in [0, 0.05) is 10.7 Å². The number of hydrogen-bond acceptors (Lipinski definition) is 2. The number of carbonyl (C=O) groups is 1. The Morgan fingerprint density at radius 2 is 2.09 bits per heavy atom. The lowest BCUT2D eigenvalue weighted by Crippen LogP contribution is -2.44. The maximum Gasteiger partial charge on any atom is 0.326 e. The summed E-state index contributed by atoms with van der Waals surface area (Å²) in [6.45, 7) is 6.34. The van der Waals surface area contributed by atoms with Crippen LogP contribution in [0.25, 0.3) is 0 Å². The van der Waals surface area contributed by atoms with Gasteiger partial charge in [-0.2, -0.15) is 0 Å². The molecule has 120 valence electrons. The van der Waals surface area contributed by atoms with Gasteiger partial charge in [-0.15, -0.1) is 0 Å². The van der Waals surface area contributed by atoms with Crippen LogP contribution >= 0.6 is 11.6 Å². The number of ether oxygens (including phenoxy) is 1. The number of urea groups is 1. The number of nitrogens with zero attached hydrogens (tertiary/aromatic N) is 1. The molecule has 5 heteroatoms. The first kappa shape index (κ1) is 15.7. The predicted octanol–water partition coefficient (Wildman–Crippen LogP) is 4.78. The second-order valence-corrected chi connectivity index (χ2v) is 6.26. The molecule has 1 heterocycles. The molecule has 1 aliphatic rings. The van der Waals surface area contributed by atoms with Gasteiger partial charge in [-0.05, 0) is 56.2 Å². The SMILES string of the molecule is Cc1ccc2c(c1)N(C(=O)Nc1cccc(Cl)c1C)CC(C)O2. The van der Waals surface area contributed by atoms with Gasteiger partial charge in [0.25, 0.3) is 0 Å². The van der Waals surface area contributed by atoms with Crippen molar-refractivity contribution >= 4 is 29.0 Å². The summed E-state index contributed by atoms with van der Waals surface area (Å²) in [6, 6.07) is 11.1. The molecule has 0 saturated heterocycles. The van der Waals surface area contributed by atoms with Crippen molar-refractivity contribution in [1.29, 1.82) is 0 Å². The lowest BCUT2D eigenvalue weighted by molar-refractivity contribution is 0.208. The van der Waals surface area contributed by atoms with Crippen molar-refractivity contribution in [3.8, 4) is 5.75 Å². The first-order valence-corrected chi connectivity index (χ1v) is 7.94. The van der Waals surface area contributed by atoms with Gasteiger partial charge in [0.05, 0.1) is 12.2 Å². The van der Waals surface area contributed by atoms with Crippen LogP contribution in [0.3, 0.4) is 0 Å². The highest BCUT2D eigenvalue weighted by molar-refractivity contribution is 6.31. The molecule has 23 heavy (non-hydrogen) atoms. The molecule has 0 fully saturated rings. The first-order chi connectivity index (χ1) is 11.0. The van der Waals surface area contributed by atoms with Crippen LogP contribution in [0.4, 0.5) is 16.2 Å². The predicted molar refractivity (Wildman–Crippen MR) is 93.8 cm³/mol. The van der Waals surface area contributed by atoms with Gasteiger partial charge in [0.1, 0.15) is 11.9 Å². The van der Waals surface area contributed by atoms with Crippen LogP contribution in [0.15, 0.2) is 36.4 Å². The van der Waals surface area contributed by atoms with Crippen molar-refractivity contribution in [2.75, 3.05) is 16.8 Å². The summed E-state index contributed by atoms with van der Waals surface area (Å²) < 4.78 is 5.82. The van der Waals surface area contributed by atoms with Crippen LogP contribution in [-0.4, -0.2) is 18.7 Å². The second-order valence-electron chi connectivity index (χ2n) is 5.85. The molecule has 0 aromatic heterocycles. The number of aryl methyl sites for hydroxylation is 1. The highest BCUT2D eigenvalue weighted by Gasteiger charge is 2.28. The van der Waals surface area contributed by atoms with Crippen molar-refractivity contribution in [1.82, 2.24) is 0 Å². The number of nitrogens with one attached hydrogen (secondary N) is 1. The molecule has 1 atom stereocenters. The maximum atomic E-state index is 12.8. The first-order valence-electron chi connectivity index (χ1n) is 7.56. The van der Waals surface area contributed by atoms with Crippen LogP contribution in [0.5, 0.6) is 5.75 Å². The van der Waals surface area contributed by atoms with Crippen molar-refractivity contribution in [2.24, 2.45) is 0 Å². The molecule has 0 radical (unpaired) electrons. The Labute approximate surface area is 141 Å². The van der Waals surface area contributed by atoms with E-state index >= 15 is 0 Å². The number of carbonyl (C=O) groups excluding carboxylic acids is 1. The van der Waals surface area contributed by atoms with Gasteiger partial charge in [-0.1, -0.05) is 23.7 Å². The fourth-order valence-electron chi connectivity index (χ4n) is 2.67. The third kappa shape index (κ3) is 3.13. The number of anilines is 2. The maximum absolute atomic E-state index is 12.8. The Morgan fingerprint density at radius 3 is 2.87 bits per heavy atom. The van der Waals surface area contributed by atoms with Crippen LogP contribution in [0.1, 0.15) is 18.1 Å². The van der Waals surface area contributed by atoms with E-state index < -0.39 is 0 Å². The fraction of sp³-hybridized carbons (Fsp3) is 0.278. The zero-order chi connectivity index (χ0) is 16.6. The molecule has 0 bridgehead atoms. The monoisotopic (exact) mass is 330 g/mol. The van der Waals surface area contributed by atoms with Gasteiger partial charge in [-0.3, -0.25) is 4.90 Å². The lowest BCUT2D eigenvalue weighted by atomic mass is 10.1. The van der Waals surface area contributed by atoms with E-state index in [9.17, 15) is 4.79 Å². The number of benzene rings is 2.